The van der Waals surface area contributed by atoms with E-state index in [-0.39, 0.29) is 0 Å². The molecule has 16 heavy (non-hydrogen) atoms. The van der Waals surface area contributed by atoms with Gasteiger partial charge in [0.15, 0.2) is 0 Å². The van der Waals surface area contributed by atoms with Gasteiger partial charge in [-0.3, -0.25) is 0 Å². The van der Waals surface area contributed by atoms with E-state index in [4.69, 9.17) is 4.74 Å². The second-order valence-corrected chi connectivity index (χ2v) is 3.67. The van der Waals surface area contributed by atoms with Gasteiger partial charge in [0, 0.05) is 12.1 Å². The lowest BCUT2D eigenvalue weighted by molar-refractivity contribution is 0.335. The first-order valence-corrected chi connectivity index (χ1v) is 5.94. The van der Waals surface area contributed by atoms with Crippen LogP contribution in [0.3, 0.4) is 0 Å². The lowest BCUT2D eigenvalue weighted by Gasteiger charge is -2.10. The zero-order valence-corrected chi connectivity index (χ0v) is 10.3. The molecule has 0 aliphatic heterocycles. The van der Waals surface area contributed by atoms with Crippen LogP contribution in [-0.4, -0.2) is 26.7 Å². The van der Waals surface area contributed by atoms with Crippen LogP contribution in [0, 0.1) is 0 Å². The smallest absolute Gasteiger partial charge is 0.123 e. The van der Waals surface area contributed by atoms with E-state index in [1.54, 1.807) is 0 Å². The van der Waals surface area contributed by atoms with E-state index in [9.17, 15) is 0 Å². The molecule has 0 fully saturated rings. The number of para-hydroxylation sites is 1. The maximum Gasteiger partial charge on any atom is 0.123 e. The van der Waals surface area contributed by atoms with E-state index in [0.29, 0.717) is 0 Å². The summed E-state index contributed by atoms with van der Waals surface area (Å²) < 4.78 is 5.56. The topological polar surface area (TPSA) is 33.3 Å². The Morgan fingerprint density at radius 1 is 1.19 bits per heavy atom. The Kier molecular flexibility index (Phi) is 6.61. The minimum Gasteiger partial charge on any atom is -0.494 e. The number of hydrogen-bond donors (Lipinski definition) is 2. The summed E-state index contributed by atoms with van der Waals surface area (Å²) in [5.41, 5.74) is 1.23. The molecule has 0 saturated heterocycles. The molecule has 1 aromatic carbocycles. The lowest BCUT2D eigenvalue weighted by Crippen LogP contribution is -2.19. The van der Waals surface area contributed by atoms with Crippen LogP contribution in [0.25, 0.3) is 0 Å². The highest BCUT2D eigenvalue weighted by Gasteiger charge is 2.00. The van der Waals surface area contributed by atoms with Gasteiger partial charge in [-0.25, -0.2) is 0 Å². The molecule has 0 unspecified atom stereocenters. The zero-order chi connectivity index (χ0) is 11.6. The molecule has 3 nitrogen and oxygen atoms in total. The summed E-state index contributed by atoms with van der Waals surface area (Å²) in [6.07, 6.45) is 1.15. The number of ether oxygens (including phenoxy) is 1. The zero-order valence-electron chi connectivity index (χ0n) is 10.3. The van der Waals surface area contributed by atoms with Crippen LogP contribution in [0.5, 0.6) is 5.75 Å². The highest BCUT2D eigenvalue weighted by Crippen LogP contribution is 2.17. The van der Waals surface area contributed by atoms with Crippen molar-refractivity contribution >= 4 is 0 Å². The van der Waals surface area contributed by atoms with Crippen molar-refractivity contribution in [3.05, 3.63) is 29.8 Å². The third-order valence-corrected chi connectivity index (χ3v) is 2.37. The van der Waals surface area contributed by atoms with Crippen molar-refractivity contribution < 1.29 is 4.74 Å². The fraction of sp³-hybridized carbons (Fsp3) is 0.538. The standard InChI is InChI=1S/C13H22N2O/c1-3-16-13-8-5-4-7-12(13)11-15-10-6-9-14-2/h4-5,7-8,14-15H,3,6,9-11H2,1-2H3. The molecule has 3 heteroatoms. The molecule has 0 aromatic heterocycles. The molecular formula is C13H22N2O. The van der Waals surface area contributed by atoms with E-state index in [2.05, 4.69) is 16.7 Å². The molecule has 0 amide bonds. The second-order valence-electron chi connectivity index (χ2n) is 3.67. The molecule has 1 rings (SSSR count). The van der Waals surface area contributed by atoms with Crippen LogP contribution in [0.1, 0.15) is 18.9 Å². The summed E-state index contributed by atoms with van der Waals surface area (Å²) in [4.78, 5) is 0. The predicted molar refractivity (Wildman–Crippen MR) is 67.9 cm³/mol. The molecule has 0 spiro atoms. The summed E-state index contributed by atoms with van der Waals surface area (Å²) >= 11 is 0. The lowest BCUT2D eigenvalue weighted by atomic mass is 10.2. The van der Waals surface area contributed by atoms with Gasteiger partial charge in [-0.15, -0.1) is 0 Å². The van der Waals surface area contributed by atoms with Crippen molar-refractivity contribution in [3.8, 4) is 5.75 Å². The number of hydrogen-bond acceptors (Lipinski definition) is 3. The van der Waals surface area contributed by atoms with Gasteiger partial charge in [0.05, 0.1) is 6.61 Å². The summed E-state index contributed by atoms with van der Waals surface area (Å²) in [5, 5.41) is 6.55. The van der Waals surface area contributed by atoms with E-state index in [1.807, 2.05) is 32.2 Å². The van der Waals surface area contributed by atoms with Crippen LogP contribution in [0.2, 0.25) is 0 Å². The van der Waals surface area contributed by atoms with Gasteiger partial charge in [-0.1, -0.05) is 18.2 Å². The molecule has 1 aromatic rings. The van der Waals surface area contributed by atoms with E-state index < -0.39 is 0 Å². The molecule has 0 saturated carbocycles. The first-order valence-electron chi connectivity index (χ1n) is 5.94. The second kappa shape index (κ2) is 8.13. The Bertz CT molecular complexity index is 289. The molecule has 0 aliphatic rings. The number of rotatable bonds is 8. The van der Waals surface area contributed by atoms with Crippen LogP contribution in [-0.2, 0) is 6.54 Å². The van der Waals surface area contributed by atoms with Gasteiger partial charge < -0.3 is 15.4 Å². The SMILES string of the molecule is CCOc1ccccc1CNCCCNC. The maximum atomic E-state index is 5.56. The molecule has 0 heterocycles. The number of benzene rings is 1. The minimum absolute atomic E-state index is 0.719. The van der Waals surface area contributed by atoms with Gasteiger partial charge in [0.2, 0.25) is 0 Å². The fourth-order valence-corrected chi connectivity index (χ4v) is 1.56. The summed E-state index contributed by atoms with van der Waals surface area (Å²) in [5.74, 6) is 0.992. The highest BCUT2D eigenvalue weighted by molar-refractivity contribution is 5.33. The average molecular weight is 222 g/mol. The van der Waals surface area contributed by atoms with Crippen LogP contribution in [0.15, 0.2) is 24.3 Å². The molecule has 0 bridgehead atoms. The molecule has 0 radical (unpaired) electrons. The quantitative estimate of drug-likeness (QED) is 0.658. The van der Waals surface area contributed by atoms with E-state index >= 15 is 0 Å². The third-order valence-electron chi connectivity index (χ3n) is 2.37. The van der Waals surface area contributed by atoms with Crippen LogP contribution < -0.4 is 15.4 Å². The summed E-state index contributed by atoms with van der Waals surface area (Å²) in [6, 6.07) is 8.19. The van der Waals surface area contributed by atoms with E-state index in [0.717, 1.165) is 38.4 Å². The molecule has 2 N–H and O–H groups in total. The Morgan fingerprint density at radius 3 is 2.75 bits per heavy atom. The van der Waals surface area contributed by atoms with Gasteiger partial charge >= 0.3 is 0 Å². The predicted octanol–water partition coefficient (Wildman–Crippen LogP) is 1.78. The largest absolute Gasteiger partial charge is 0.494 e. The Morgan fingerprint density at radius 2 is 2.00 bits per heavy atom. The Hall–Kier alpha value is -1.06. The van der Waals surface area contributed by atoms with E-state index in [1.165, 1.54) is 5.56 Å². The van der Waals surface area contributed by atoms with Crippen molar-refractivity contribution in [1.82, 2.24) is 10.6 Å². The molecule has 0 aliphatic carbocycles. The van der Waals surface area contributed by atoms with Crippen molar-refractivity contribution in [2.45, 2.75) is 19.9 Å². The Balaban J connectivity index is 2.34. The molecule has 0 atom stereocenters. The summed E-state index contributed by atoms with van der Waals surface area (Å²) in [7, 11) is 1.98. The van der Waals surface area contributed by atoms with Gasteiger partial charge in [0.25, 0.3) is 0 Å². The maximum absolute atomic E-state index is 5.56. The van der Waals surface area contributed by atoms with Gasteiger partial charge in [-0.2, -0.15) is 0 Å². The van der Waals surface area contributed by atoms with Gasteiger partial charge in [-0.05, 0) is 39.5 Å². The minimum atomic E-state index is 0.719. The van der Waals surface area contributed by atoms with Crippen LogP contribution >= 0.6 is 0 Å². The summed E-state index contributed by atoms with van der Waals surface area (Å²) in [6.45, 7) is 5.69. The van der Waals surface area contributed by atoms with Crippen LogP contribution in [0.4, 0.5) is 0 Å². The van der Waals surface area contributed by atoms with Crippen molar-refractivity contribution in [2.75, 3.05) is 26.7 Å². The van der Waals surface area contributed by atoms with Gasteiger partial charge in [0.1, 0.15) is 5.75 Å². The molecular weight excluding hydrogens is 200 g/mol. The highest BCUT2D eigenvalue weighted by atomic mass is 16.5. The molecule has 90 valence electrons. The average Bonchev–Trinajstić information content (AvgIpc) is 2.31. The number of nitrogens with one attached hydrogen (secondary N) is 2. The van der Waals surface area contributed by atoms with Crippen molar-refractivity contribution in [2.24, 2.45) is 0 Å². The van der Waals surface area contributed by atoms with Crippen molar-refractivity contribution in [1.29, 1.82) is 0 Å². The first-order chi connectivity index (χ1) is 7.88. The first kappa shape index (κ1) is 13.0. The normalized spacial score (nSPS) is 10.4. The Labute approximate surface area is 98.2 Å². The fourth-order valence-electron chi connectivity index (χ4n) is 1.56. The monoisotopic (exact) mass is 222 g/mol. The third kappa shape index (κ3) is 4.64. The van der Waals surface area contributed by atoms with Crippen molar-refractivity contribution in [3.63, 3.8) is 0 Å².